The van der Waals surface area contributed by atoms with Crippen molar-refractivity contribution in [2.45, 2.75) is 32.5 Å². The zero-order valence-electron chi connectivity index (χ0n) is 17.1. The average Bonchev–Trinajstić information content (AvgIpc) is 3.22. The Morgan fingerprint density at radius 1 is 1.25 bits per heavy atom. The van der Waals surface area contributed by atoms with E-state index in [-0.39, 0.29) is 23.6 Å². The molecule has 3 heterocycles. The molecule has 2 aromatic heterocycles. The van der Waals surface area contributed by atoms with E-state index in [9.17, 15) is 22.8 Å². The van der Waals surface area contributed by atoms with Crippen LogP contribution in [0.25, 0.3) is 11.4 Å². The summed E-state index contributed by atoms with van der Waals surface area (Å²) in [4.78, 5) is 29.6. The maximum absolute atomic E-state index is 12.7. The number of hydrogen-bond acceptors (Lipinski definition) is 5. The first-order valence-electron chi connectivity index (χ1n) is 10.00. The third-order valence-electron chi connectivity index (χ3n) is 5.09. The average molecular weight is 447 g/mol. The molecule has 0 unspecified atom stereocenters. The van der Waals surface area contributed by atoms with Gasteiger partial charge in [0.1, 0.15) is 6.54 Å². The van der Waals surface area contributed by atoms with Crippen molar-refractivity contribution in [3.8, 4) is 0 Å². The Labute approximate surface area is 180 Å². The largest absolute Gasteiger partial charge is 0.416 e. The van der Waals surface area contributed by atoms with Crippen molar-refractivity contribution in [2.75, 3.05) is 18.5 Å². The van der Waals surface area contributed by atoms with Gasteiger partial charge >= 0.3 is 6.18 Å². The Hall–Kier alpha value is -3.47. The molecule has 0 fully saturated rings. The van der Waals surface area contributed by atoms with E-state index in [1.807, 2.05) is 13.0 Å². The fourth-order valence-electron chi connectivity index (χ4n) is 3.45. The van der Waals surface area contributed by atoms with Crippen molar-refractivity contribution in [3.63, 3.8) is 0 Å². The third-order valence-corrected chi connectivity index (χ3v) is 5.09. The Morgan fingerprint density at radius 3 is 2.62 bits per heavy atom. The highest BCUT2D eigenvalue weighted by molar-refractivity contribution is 5.90. The molecule has 4 rings (SSSR count). The summed E-state index contributed by atoms with van der Waals surface area (Å²) in [6.07, 6.45) is -1.52. The summed E-state index contributed by atoms with van der Waals surface area (Å²) in [7, 11) is 0. The summed E-state index contributed by atoms with van der Waals surface area (Å²) in [5, 5.41) is 6.89. The van der Waals surface area contributed by atoms with Crippen molar-refractivity contribution < 1.29 is 22.7 Å². The number of aryl methyl sites for hydroxylation is 1. The number of nitrogens with one attached hydrogen (secondary N) is 1. The molecule has 1 aliphatic heterocycles. The van der Waals surface area contributed by atoms with Gasteiger partial charge in [0.25, 0.3) is 5.56 Å². The van der Waals surface area contributed by atoms with Crippen molar-refractivity contribution >= 4 is 22.9 Å². The highest BCUT2D eigenvalue weighted by Crippen LogP contribution is 2.29. The molecule has 0 radical (unpaired) electrons. The van der Waals surface area contributed by atoms with Crippen molar-refractivity contribution in [2.24, 2.45) is 0 Å². The lowest BCUT2D eigenvalue weighted by molar-refractivity contribution is -0.137. The normalized spacial score (nSPS) is 14.4. The van der Waals surface area contributed by atoms with Gasteiger partial charge in [0, 0.05) is 17.4 Å². The van der Waals surface area contributed by atoms with Crippen molar-refractivity contribution in [1.29, 1.82) is 0 Å². The quantitative estimate of drug-likeness (QED) is 0.650. The second-order valence-corrected chi connectivity index (χ2v) is 7.24. The molecule has 0 atom stereocenters. The predicted octanol–water partition coefficient (Wildman–Crippen LogP) is 2.91. The number of nitrogens with zero attached hydrogens (tertiary/aromatic N) is 4. The van der Waals surface area contributed by atoms with E-state index >= 15 is 0 Å². The molecule has 0 saturated carbocycles. The molecule has 168 valence electrons. The lowest BCUT2D eigenvalue weighted by Gasteiger charge is -2.13. The van der Waals surface area contributed by atoms with E-state index in [1.165, 1.54) is 18.2 Å². The van der Waals surface area contributed by atoms with E-state index < -0.39 is 17.6 Å². The van der Waals surface area contributed by atoms with E-state index in [1.54, 1.807) is 4.57 Å². The zero-order valence-corrected chi connectivity index (χ0v) is 17.1. The molecule has 0 saturated heterocycles. The number of carbonyl (C=O) groups is 1. The highest BCUT2D eigenvalue weighted by Gasteiger charge is 2.30. The van der Waals surface area contributed by atoms with Gasteiger partial charge in [-0.05, 0) is 42.7 Å². The summed E-state index contributed by atoms with van der Waals surface area (Å²) < 4.78 is 46.2. The molecule has 8 nitrogen and oxygen atoms in total. The molecule has 11 heteroatoms. The number of anilines is 1. The van der Waals surface area contributed by atoms with Crippen molar-refractivity contribution in [1.82, 2.24) is 19.2 Å². The highest BCUT2D eigenvalue weighted by atomic mass is 19.4. The zero-order chi connectivity index (χ0) is 22.9. The minimum absolute atomic E-state index is 0.186. The van der Waals surface area contributed by atoms with E-state index in [4.69, 9.17) is 4.74 Å². The van der Waals surface area contributed by atoms with E-state index in [0.29, 0.717) is 37.6 Å². The molecule has 0 bridgehead atoms. The van der Waals surface area contributed by atoms with Crippen LogP contribution < -0.4 is 10.9 Å². The summed E-state index contributed by atoms with van der Waals surface area (Å²) in [5.41, 5.74) is 0.516. The minimum atomic E-state index is -4.45. The van der Waals surface area contributed by atoms with Crippen LogP contribution in [0, 0.1) is 0 Å². The molecule has 1 aromatic carbocycles. The van der Waals surface area contributed by atoms with Gasteiger partial charge in [-0.1, -0.05) is 13.0 Å². The first-order valence-corrected chi connectivity index (χ1v) is 10.00. The molecule has 32 heavy (non-hydrogen) atoms. The van der Waals surface area contributed by atoms with E-state index in [0.717, 1.165) is 22.2 Å². The van der Waals surface area contributed by atoms with E-state index in [2.05, 4.69) is 15.4 Å². The molecular formula is C21H20F3N5O3. The van der Waals surface area contributed by atoms with Gasteiger partial charge in [0.05, 0.1) is 18.8 Å². The molecule has 3 aromatic rings. The van der Waals surface area contributed by atoms with Crippen LogP contribution >= 0.6 is 0 Å². The lowest BCUT2D eigenvalue weighted by Crippen LogP contribution is -2.26. The molecule has 1 amide bonds. The van der Waals surface area contributed by atoms with Gasteiger partial charge in [-0.25, -0.2) is 0 Å². The van der Waals surface area contributed by atoms with Crippen LogP contribution in [-0.2, 0) is 28.7 Å². The maximum Gasteiger partial charge on any atom is 0.416 e. The monoisotopic (exact) mass is 447 g/mol. The fraction of sp³-hybridized carbons (Fsp3) is 0.333. The standard InChI is InChI=1S/C21H20F3N5O3/c1-2-16-11-18(31)29-20(26-19(27-29)13-7-9-32-10-8-13)28(16)12-17(30)25-15-5-3-14(4-6-15)21(22,23)24/h3-7,11H,2,8-10,12H2,1H3,(H,25,30). The Kier molecular flexibility index (Phi) is 5.83. The van der Waals surface area contributed by atoms with Gasteiger partial charge in [0.2, 0.25) is 11.7 Å². The Bertz CT molecular complexity index is 1240. The smallest absolute Gasteiger partial charge is 0.377 e. The Morgan fingerprint density at radius 2 is 2.00 bits per heavy atom. The number of halogens is 3. The van der Waals surface area contributed by atoms with Crippen LogP contribution in [-0.4, -0.2) is 38.3 Å². The van der Waals surface area contributed by atoms with Gasteiger partial charge in [-0.3, -0.25) is 9.59 Å². The van der Waals surface area contributed by atoms with Crippen LogP contribution in [0.3, 0.4) is 0 Å². The van der Waals surface area contributed by atoms with Crippen LogP contribution in [0.1, 0.15) is 30.4 Å². The second-order valence-electron chi connectivity index (χ2n) is 7.24. The number of benzene rings is 1. The lowest BCUT2D eigenvalue weighted by atomic mass is 10.1. The number of carbonyl (C=O) groups excluding carboxylic acids is 1. The number of aromatic nitrogens is 4. The molecule has 1 N–H and O–H groups in total. The topological polar surface area (TPSA) is 90.5 Å². The van der Waals surface area contributed by atoms with Gasteiger partial charge in [0.15, 0.2) is 5.82 Å². The molecule has 0 aliphatic carbocycles. The molecule has 1 aliphatic rings. The summed E-state index contributed by atoms with van der Waals surface area (Å²) in [5.74, 6) is 0.148. The van der Waals surface area contributed by atoms with Gasteiger partial charge < -0.3 is 14.6 Å². The first-order chi connectivity index (χ1) is 15.3. The van der Waals surface area contributed by atoms with Crippen LogP contribution in [0.4, 0.5) is 18.9 Å². The third kappa shape index (κ3) is 4.42. The van der Waals surface area contributed by atoms with Gasteiger partial charge in [-0.2, -0.15) is 22.7 Å². The number of alkyl halides is 3. The fourth-order valence-corrected chi connectivity index (χ4v) is 3.45. The van der Waals surface area contributed by atoms with Crippen LogP contribution in [0.2, 0.25) is 0 Å². The summed E-state index contributed by atoms with van der Waals surface area (Å²) in [6, 6.07) is 5.58. The summed E-state index contributed by atoms with van der Waals surface area (Å²) in [6.45, 7) is 2.62. The first kappa shape index (κ1) is 21.8. The predicted molar refractivity (Wildman–Crippen MR) is 110 cm³/mol. The summed E-state index contributed by atoms with van der Waals surface area (Å²) >= 11 is 0. The van der Waals surface area contributed by atoms with Crippen molar-refractivity contribution in [3.05, 3.63) is 63.8 Å². The number of fused-ring (bicyclic) bond motifs is 1. The molecule has 0 spiro atoms. The second kappa shape index (κ2) is 8.58. The SMILES string of the molecule is CCc1cc(=O)n2nc(C3=CCOCC3)nc2n1CC(=O)Nc1ccc(C(F)(F)F)cc1. The number of amides is 1. The number of hydrogen-bond donors (Lipinski definition) is 1. The van der Waals surface area contributed by atoms with Gasteiger partial charge in [-0.15, -0.1) is 5.10 Å². The minimum Gasteiger partial charge on any atom is -0.377 e. The van der Waals surface area contributed by atoms with Crippen LogP contribution in [0.5, 0.6) is 0 Å². The van der Waals surface area contributed by atoms with Crippen LogP contribution in [0.15, 0.2) is 41.2 Å². The maximum atomic E-state index is 12.7. The Balaban J connectivity index is 1.63. The number of rotatable bonds is 5. The molecular weight excluding hydrogens is 427 g/mol. The number of ether oxygens (including phenoxy) is 1.